The van der Waals surface area contributed by atoms with Crippen LogP contribution in [0.2, 0.25) is 0 Å². The number of thioether (sulfide) groups is 1. The summed E-state index contributed by atoms with van der Waals surface area (Å²) in [5.41, 5.74) is 0. The van der Waals surface area contributed by atoms with E-state index in [2.05, 4.69) is 18.4 Å². The molecule has 1 nitrogen and oxygen atoms in total. The molecule has 1 rings (SSSR count). The molecule has 1 unspecified atom stereocenters. The van der Waals surface area contributed by atoms with E-state index < -0.39 is 0 Å². The maximum absolute atomic E-state index is 10.1. The molecule has 1 aromatic rings. The molecule has 60 valence electrons. The summed E-state index contributed by atoms with van der Waals surface area (Å²) in [5.74, 6) is 0. The van der Waals surface area contributed by atoms with Crippen molar-refractivity contribution in [1.82, 2.24) is 0 Å². The maximum Gasteiger partial charge on any atom is 0.121 e. The number of hydrogen-bond donors (Lipinski definition) is 0. The second-order valence-electron chi connectivity index (χ2n) is 2.26. The van der Waals surface area contributed by atoms with Crippen LogP contribution in [-0.2, 0) is 4.79 Å². The Kier molecular flexibility index (Phi) is 3.66. The van der Waals surface area contributed by atoms with Crippen LogP contribution in [0.25, 0.3) is 0 Å². The fourth-order valence-corrected chi connectivity index (χ4v) is 2.77. The molecule has 0 aliphatic carbocycles. The Morgan fingerprint density at radius 1 is 1.82 bits per heavy atom. The topological polar surface area (TPSA) is 17.1 Å². The van der Waals surface area contributed by atoms with Crippen LogP contribution >= 0.6 is 23.1 Å². The Hall–Kier alpha value is -0.280. The quantitative estimate of drug-likeness (QED) is 0.531. The third-order valence-electron chi connectivity index (χ3n) is 1.24. The average molecular weight is 186 g/mol. The van der Waals surface area contributed by atoms with Crippen molar-refractivity contribution in [1.29, 1.82) is 0 Å². The highest BCUT2D eigenvalue weighted by Gasteiger charge is 2.03. The molecule has 0 aliphatic rings. The molecule has 0 spiro atoms. The normalized spacial score (nSPS) is 12.8. The predicted molar refractivity (Wildman–Crippen MR) is 50.3 cm³/mol. The van der Waals surface area contributed by atoms with Crippen molar-refractivity contribution in [3.8, 4) is 0 Å². The summed E-state index contributed by atoms with van der Waals surface area (Å²) in [6, 6.07) is 4.11. The van der Waals surface area contributed by atoms with Gasteiger partial charge in [0.25, 0.3) is 0 Å². The van der Waals surface area contributed by atoms with E-state index >= 15 is 0 Å². The first kappa shape index (κ1) is 8.81. The van der Waals surface area contributed by atoms with Gasteiger partial charge in [-0.15, -0.1) is 23.1 Å². The molecule has 0 radical (unpaired) electrons. The largest absolute Gasteiger partial charge is 0.303 e. The van der Waals surface area contributed by atoms with Crippen molar-refractivity contribution in [3.05, 3.63) is 17.5 Å². The number of hydrogen-bond acceptors (Lipinski definition) is 3. The van der Waals surface area contributed by atoms with Gasteiger partial charge >= 0.3 is 0 Å². The minimum Gasteiger partial charge on any atom is -0.303 e. The molecule has 1 heterocycles. The Bertz CT molecular complexity index is 206. The molecule has 0 aromatic carbocycles. The van der Waals surface area contributed by atoms with Gasteiger partial charge in [0.15, 0.2) is 0 Å². The lowest BCUT2D eigenvalue weighted by atomic mass is 10.4. The van der Waals surface area contributed by atoms with Gasteiger partial charge in [0.2, 0.25) is 0 Å². The Morgan fingerprint density at radius 2 is 2.64 bits per heavy atom. The molecule has 0 fully saturated rings. The number of rotatable bonds is 4. The van der Waals surface area contributed by atoms with Crippen molar-refractivity contribution in [2.45, 2.75) is 22.8 Å². The highest BCUT2D eigenvalue weighted by Crippen LogP contribution is 2.28. The fourth-order valence-electron chi connectivity index (χ4n) is 0.712. The third kappa shape index (κ3) is 3.08. The van der Waals surface area contributed by atoms with Gasteiger partial charge < -0.3 is 4.79 Å². The minimum absolute atomic E-state index is 0.408. The molecule has 1 atom stereocenters. The molecule has 0 aliphatic heterocycles. The summed E-state index contributed by atoms with van der Waals surface area (Å²) in [5, 5.41) is 2.46. The van der Waals surface area contributed by atoms with Crippen molar-refractivity contribution in [3.63, 3.8) is 0 Å². The first-order valence-corrected chi connectivity index (χ1v) is 5.22. The second-order valence-corrected chi connectivity index (χ2v) is 4.95. The lowest BCUT2D eigenvalue weighted by Gasteiger charge is -2.03. The fraction of sp³-hybridized carbons (Fsp3) is 0.375. The zero-order valence-corrected chi connectivity index (χ0v) is 7.95. The smallest absolute Gasteiger partial charge is 0.121 e. The summed E-state index contributed by atoms with van der Waals surface area (Å²) >= 11 is 3.49. The van der Waals surface area contributed by atoms with Gasteiger partial charge in [-0.2, -0.15) is 0 Å². The van der Waals surface area contributed by atoms with E-state index in [9.17, 15) is 4.79 Å². The summed E-state index contributed by atoms with van der Waals surface area (Å²) in [6.45, 7) is 2.07. The van der Waals surface area contributed by atoms with Crippen molar-refractivity contribution < 1.29 is 4.79 Å². The molecule has 0 saturated carbocycles. The predicted octanol–water partition coefficient (Wildman–Crippen LogP) is 2.82. The number of aldehydes is 1. The van der Waals surface area contributed by atoms with E-state index in [-0.39, 0.29) is 0 Å². The van der Waals surface area contributed by atoms with Gasteiger partial charge in [0.1, 0.15) is 6.29 Å². The molecule has 11 heavy (non-hydrogen) atoms. The van der Waals surface area contributed by atoms with Crippen LogP contribution < -0.4 is 0 Å². The number of thiophene rings is 1. The summed E-state index contributed by atoms with van der Waals surface area (Å²) < 4.78 is 1.29. The summed E-state index contributed by atoms with van der Waals surface area (Å²) in [6.07, 6.45) is 1.62. The lowest BCUT2D eigenvalue weighted by molar-refractivity contribution is -0.107. The number of carbonyl (C=O) groups is 1. The molecule has 1 aromatic heterocycles. The van der Waals surface area contributed by atoms with Crippen LogP contribution in [-0.4, -0.2) is 11.5 Å². The van der Waals surface area contributed by atoms with Crippen LogP contribution in [0.5, 0.6) is 0 Å². The molecular formula is C8H10OS2. The van der Waals surface area contributed by atoms with Crippen LogP contribution in [0, 0.1) is 0 Å². The van der Waals surface area contributed by atoms with Crippen molar-refractivity contribution in [2.24, 2.45) is 0 Å². The molecule has 0 N–H and O–H groups in total. The molecule has 0 saturated heterocycles. The van der Waals surface area contributed by atoms with E-state index in [4.69, 9.17) is 0 Å². The Labute approximate surface area is 74.8 Å². The van der Waals surface area contributed by atoms with Gasteiger partial charge in [-0.25, -0.2) is 0 Å². The third-order valence-corrected chi connectivity index (χ3v) is 3.44. The highest BCUT2D eigenvalue weighted by molar-refractivity contribution is 8.01. The SMILES string of the molecule is CC(CC=O)Sc1cccs1. The molecular weight excluding hydrogens is 176 g/mol. The van der Waals surface area contributed by atoms with E-state index in [1.807, 2.05) is 6.07 Å². The van der Waals surface area contributed by atoms with Gasteiger partial charge in [-0.3, -0.25) is 0 Å². The zero-order chi connectivity index (χ0) is 8.10. The minimum atomic E-state index is 0.408. The average Bonchev–Trinajstić information content (AvgIpc) is 2.40. The van der Waals surface area contributed by atoms with Crippen LogP contribution in [0.1, 0.15) is 13.3 Å². The maximum atomic E-state index is 10.1. The summed E-state index contributed by atoms with van der Waals surface area (Å²) in [4.78, 5) is 10.1. The Balaban J connectivity index is 2.37. The van der Waals surface area contributed by atoms with E-state index in [1.165, 1.54) is 4.21 Å². The Morgan fingerprint density at radius 3 is 3.18 bits per heavy atom. The van der Waals surface area contributed by atoms with E-state index in [0.717, 1.165) is 6.29 Å². The van der Waals surface area contributed by atoms with Crippen LogP contribution in [0.4, 0.5) is 0 Å². The highest BCUT2D eigenvalue weighted by atomic mass is 32.2. The first-order valence-electron chi connectivity index (χ1n) is 3.46. The second kappa shape index (κ2) is 4.57. The lowest BCUT2D eigenvalue weighted by Crippen LogP contribution is -1.94. The van der Waals surface area contributed by atoms with Crippen LogP contribution in [0.3, 0.4) is 0 Å². The van der Waals surface area contributed by atoms with Gasteiger partial charge in [0.05, 0.1) is 4.21 Å². The zero-order valence-electron chi connectivity index (χ0n) is 6.32. The first-order chi connectivity index (χ1) is 5.33. The van der Waals surface area contributed by atoms with Crippen LogP contribution in [0.15, 0.2) is 21.7 Å². The molecule has 0 amide bonds. The van der Waals surface area contributed by atoms with E-state index in [0.29, 0.717) is 11.7 Å². The van der Waals surface area contributed by atoms with Gasteiger partial charge in [-0.1, -0.05) is 13.0 Å². The van der Waals surface area contributed by atoms with E-state index in [1.54, 1.807) is 23.1 Å². The van der Waals surface area contributed by atoms with Crippen molar-refractivity contribution in [2.75, 3.05) is 0 Å². The molecule has 3 heteroatoms. The van der Waals surface area contributed by atoms with Gasteiger partial charge in [-0.05, 0) is 11.4 Å². The van der Waals surface area contributed by atoms with Crippen molar-refractivity contribution >= 4 is 29.4 Å². The molecule has 0 bridgehead atoms. The standard InChI is InChI=1S/C8H10OS2/c1-7(4-5-9)11-8-3-2-6-10-8/h2-3,5-7H,4H2,1H3. The number of carbonyl (C=O) groups excluding carboxylic acids is 1. The monoisotopic (exact) mass is 186 g/mol. The van der Waals surface area contributed by atoms with Gasteiger partial charge in [0, 0.05) is 11.7 Å². The summed E-state index contributed by atoms with van der Waals surface area (Å²) in [7, 11) is 0.